The summed E-state index contributed by atoms with van der Waals surface area (Å²) in [5.41, 5.74) is 9.75. The number of hydrogen-bond donors (Lipinski definition) is 1. The lowest BCUT2D eigenvalue weighted by atomic mass is 10.2. The van der Waals surface area contributed by atoms with Crippen LogP contribution < -0.4 is 11.0 Å². The Hall–Kier alpha value is -2.09. The summed E-state index contributed by atoms with van der Waals surface area (Å²) in [7, 11) is -0.315. The second-order valence-corrected chi connectivity index (χ2v) is 12.0. The van der Waals surface area contributed by atoms with Crippen molar-refractivity contribution in [2.24, 2.45) is 10.7 Å². The molecule has 4 heteroatoms. The molecule has 0 fully saturated rings. The fourth-order valence-corrected chi connectivity index (χ4v) is 7.45. The summed E-state index contributed by atoms with van der Waals surface area (Å²) in [6, 6.07) is 27.1. The van der Waals surface area contributed by atoms with Crippen LogP contribution in [0.2, 0.25) is 0 Å². The average molecular weight is 421 g/mol. The first kappa shape index (κ1) is 21.6. The summed E-state index contributed by atoms with van der Waals surface area (Å²) in [6.45, 7) is 9.23. The topological polar surface area (TPSA) is 38.4 Å². The molecule has 0 bridgehead atoms. The molecule has 2 N–H and O–H groups in total. The highest BCUT2D eigenvalue weighted by Gasteiger charge is 2.22. The monoisotopic (exact) mass is 420 g/mol. The SMILES string of the molecule is CC(C)P(c1ccccc1C(N)=Nc1ccccc1Sc1ccccc1)C(C)C. The normalized spacial score (nSPS) is 12.2. The summed E-state index contributed by atoms with van der Waals surface area (Å²) in [5.74, 6) is 0.593. The zero-order chi connectivity index (χ0) is 20.8. The molecule has 3 aromatic rings. The van der Waals surface area contributed by atoms with Gasteiger partial charge in [0, 0.05) is 15.4 Å². The summed E-state index contributed by atoms with van der Waals surface area (Å²) >= 11 is 1.71. The number of hydrogen-bond acceptors (Lipinski definition) is 2. The molecule has 0 aliphatic carbocycles. The Morgan fingerprint density at radius 3 is 2.07 bits per heavy atom. The van der Waals surface area contributed by atoms with E-state index in [1.165, 1.54) is 10.2 Å². The highest BCUT2D eigenvalue weighted by atomic mass is 32.2. The molecule has 0 unspecified atom stereocenters. The Balaban J connectivity index is 1.99. The van der Waals surface area contributed by atoms with E-state index in [1.807, 2.05) is 24.3 Å². The number of rotatable bonds is 7. The molecule has 0 saturated carbocycles. The van der Waals surface area contributed by atoms with Crippen LogP contribution in [0, 0.1) is 0 Å². The third kappa shape index (κ3) is 5.50. The Morgan fingerprint density at radius 1 is 0.793 bits per heavy atom. The third-order valence-corrected chi connectivity index (χ3v) is 8.89. The van der Waals surface area contributed by atoms with Gasteiger partial charge in [-0.3, -0.25) is 0 Å². The second kappa shape index (κ2) is 10.1. The van der Waals surface area contributed by atoms with Crippen LogP contribution in [0.3, 0.4) is 0 Å². The molecule has 3 aromatic carbocycles. The van der Waals surface area contributed by atoms with E-state index in [0.717, 1.165) is 16.1 Å². The Morgan fingerprint density at radius 2 is 1.38 bits per heavy atom. The molecule has 0 heterocycles. The molecule has 3 rings (SSSR count). The van der Waals surface area contributed by atoms with Gasteiger partial charge < -0.3 is 5.73 Å². The lowest BCUT2D eigenvalue weighted by Crippen LogP contribution is -2.25. The van der Waals surface area contributed by atoms with Crippen molar-refractivity contribution < 1.29 is 0 Å². The maximum atomic E-state index is 6.58. The molecule has 29 heavy (non-hydrogen) atoms. The van der Waals surface area contributed by atoms with E-state index in [0.29, 0.717) is 17.2 Å². The summed E-state index contributed by atoms with van der Waals surface area (Å²) in [5, 5.41) is 1.35. The van der Waals surface area contributed by atoms with Gasteiger partial charge in [0.15, 0.2) is 0 Å². The fourth-order valence-electron chi connectivity index (χ4n) is 3.51. The van der Waals surface area contributed by atoms with Crippen molar-refractivity contribution in [3.63, 3.8) is 0 Å². The van der Waals surface area contributed by atoms with Crippen LogP contribution >= 0.6 is 19.7 Å². The van der Waals surface area contributed by atoms with Gasteiger partial charge in [0.05, 0.1) is 5.69 Å². The maximum absolute atomic E-state index is 6.58. The van der Waals surface area contributed by atoms with Gasteiger partial charge in [0.25, 0.3) is 0 Å². The minimum absolute atomic E-state index is 0.315. The van der Waals surface area contributed by atoms with E-state index in [-0.39, 0.29) is 7.92 Å². The lowest BCUT2D eigenvalue weighted by Gasteiger charge is -2.28. The molecular formula is C25H29N2PS. The van der Waals surface area contributed by atoms with Crippen LogP contribution in [0.1, 0.15) is 33.3 Å². The van der Waals surface area contributed by atoms with Gasteiger partial charge in [-0.15, -0.1) is 0 Å². The van der Waals surface area contributed by atoms with E-state index >= 15 is 0 Å². The zero-order valence-electron chi connectivity index (χ0n) is 17.5. The quantitative estimate of drug-likeness (QED) is 0.259. The molecule has 0 aliphatic rings. The predicted octanol–water partition coefficient (Wildman–Crippen LogP) is 6.80. The molecule has 0 spiro atoms. The number of nitrogens with zero attached hydrogens (tertiary/aromatic N) is 1. The summed E-state index contributed by atoms with van der Waals surface area (Å²) in [4.78, 5) is 7.17. The molecule has 2 nitrogen and oxygen atoms in total. The van der Waals surface area contributed by atoms with Gasteiger partial charge in [-0.25, -0.2) is 4.99 Å². The van der Waals surface area contributed by atoms with Crippen molar-refractivity contribution in [2.45, 2.75) is 48.8 Å². The van der Waals surface area contributed by atoms with Crippen LogP contribution in [-0.4, -0.2) is 17.2 Å². The summed E-state index contributed by atoms with van der Waals surface area (Å²) in [6.07, 6.45) is 0. The average Bonchev–Trinajstić information content (AvgIpc) is 2.70. The molecule has 0 radical (unpaired) electrons. The number of para-hydroxylation sites is 1. The van der Waals surface area contributed by atoms with Crippen LogP contribution in [0.15, 0.2) is 93.6 Å². The number of benzene rings is 3. The number of amidine groups is 1. The van der Waals surface area contributed by atoms with Gasteiger partial charge in [0.1, 0.15) is 5.84 Å². The minimum Gasteiger partial charge on any atom is -0.383 e. The molecule has 0 atom stereocenters. The van der Waals surface area contributed by atoms with Crippen LogP contribution in [0.5, 0.6) is 0 Å². The molecular weight excluding hydrogens is 391 g/mol. The molecule has 0 saturated heterocycles. The van der Waals surface area contributed by atoms with Crippen molar-refractivity contribution in [1.29, 1.82) is 0 Å². The van der Waals surface area contributed by atoms with Crippen molar-refractivity contribution in [1.82, 2.24) is 0 Å². The van der Waals surface area contributed by atoms with E-state index in [1.54, 1.807) is 11.8 Å². The predicted molar refractivity (Wildman–Crippen MR) is 131 cm³/mol. The van der Waals surface area contributed by atoms with Crippen LogP contribution in [0.25, 0.3) is 0 Å². The van der Waals surface area contributed by atoms with Crippen molar-refractivity contribution in [3.05, 3.63) is 84.4 Å². The van der Waals surface area contributed by atoms with Crippen LogP contribution in [0.4, 0.5) is 5.69 Å². The molecule has 0 amide bonds. The van der Waals surface area contributed by atoms with E-state index in [4.69, 9.17) is 10.7 Å². The smallest absolute Gasteiger partial charge is 0.132 e. The van der Waals surface area contributed by atoms with Crippen molar-refractivity contribution in [2.75, 3.05) is 0 Å². The molecule has 0 aliphatic heterocycles. The highest BCUT2D eigenvalue weighted by molar-refractivity contribution is 7.99. The standard InChI is InChI=1S/C25H29N2PS/c1-18(2)28(19(3)4)23-16-10-8-14-21(23)25(26)27-22-15-9-11-17-24(22)29-20-12-6-5-7-13-20/h5-19H,1-4H3,(H2,26,27). The molecule has 0 aromatic heterocycles. The van der Waals surface area contributed by atoms with Crippen molar-refractivity contribution in [3.8, 4) is 0 Å². The van der Waals surface area contributed by atoms with Gasteiger partial charge in [0.2, 0.25) is 0 Å². The van der Waals surface area contributed by atoms with Gasteiger partial charge in [-0.2, -0.15) is 0 Å². The second-order valence-electron chi connectivity index (χ2n) is 7.49. The van der Waals surface area contributed by atoms with E-state index in [2.05, 4.69) is 82.3 Å². The first-order valence-corrected chi connectivity index (χ1v) is 12.3. The van der Waals surface area contributed by atoms with Gasteiger partial charge in [-0.05, 0) is 40.9 Å². The first-order valence-electron chi connectivity index (χ1n) is 10.0. The first-order chi connectivity index (χ1) is 14.0. The van der Waals surface area contributed by atoms with Crippen LogP contribution in [-0.2, 0) is 0 Å². The van der Waals surface area contributed by atoms with E-state index < -0.39 is 0 Å². The van der Waals surface area contributed by atoms with E-state index in [9.17, 15) is 0 Å². The third-order valence-electron chi connectivity index (χ3n) is 4.65. The largest absolute Gasteiger partial charge is 0.383 e. The fraction of sp³-hybridized carbons (Fsp3) is 0.240. The lowest BCUT2D eigenvalue weighted by molar-refractivity contribution is 1.02. The molecule has 150 valence electrons. The zero-order valence-corrected chi connectivity index (χ0v) is 19.3. The Labute approximate surface area is 180 Å². The Bertz CT molecular complexity index is 959. The summed E-state index contributed by atoms with van der Waals surface area (Å²) < 4.78 is 0. The van der Waals surface area contributed by atoms with Gasteiger partial charge in [-0.1, -0.05) is 102 Å². The highest BCUT2D eigenvalue weighted by Crippen LogP contribution is 2.45. The number of nitrogens with two attached hydrogens (primary N) is 1. The van der Waals surface area contributed by atoms with Gasteiger partial charge >= 0.3 is 0 Å². The minimum atomic E-state index is -0.315. The Kier molecular flexibility index (Phi) is 7.52. The number of aliphatic imine (C=N–C) groups is 1. The maximum Gasteiger partial charge on any atom is 0.132 e. The van der Waals surface area contributed by atoms with Crippen molar-refractivity contribution >= 4 is 36.5 Å².